The van der Waals surface area contributed by atoms with Gasteiger partial charge >= 0.3 is 5.97 Å². The minimum absolute atomic E-state index is 0.113. The lowest BCUT2D eigenvalue weighted by Gasteiger charge is -2.30. The number of hydrogen-bond acceptors (Lipinski definition) is 6. The van der Waals surface area contributed by atoms with Gasteiger partial charge in [0.15, 0.2) is 5.78 Å². The molecule has 1 aliphatic rings. The molecular formula is C18H23NO5S. The van der Waals surface area contributed by atoms with E-state index in [1.54, 1.807) is 33.8 Å². The lowest BCUT2D eigenvalue weighted by Crippen LogP contribution is -2.34. The number of thiophene rings is 1. The maximum atomic E-state index is 12.5. The van der Waals surface area contributed by atoms with Gasteiger partial charge < -0.3 is 4.74 Å². The van der Waals surface area contributed by atoms with Crippen molar-refractivity contribution in [2.45, 2.75) is 52.1 Å². The van der Waals surface area contributed by atoms with Gasteiger partial charge in [-0.3, -0.25) is 19.7 Å². The van der Waals surface area contributed by atoms with E-state index in [9.17, 15) is 19.7 Å². The highest BCUT2D eigenvalue weighted by Gasteiger charge is 2.38. The second-order valence-corrected chi connectivity index (χ2v) is 8.21. The molecule has 0 aromatic carbocycles. The minimum atomic E-state index is -0.618. The van der Waals surface area contributed by atoms with Crippen LogP contribution in [0.3, 0.4) is 0 Å². The van der Waals surface area contributed by atoms with Gasteiger partial charge in [0.05, 0.1) is 11.8 Å². The number of carbonyl (C=O) groups is 2. The molecule has 7 heteroatoms. The number of carbonyl (C=O) groups excluding carboxylic acids is 2. The quantitative estimate of drug-likeness (QED) is 0.451. The van der Waals surface area contributed by atoms with E-state index >= 15 is 0 Å². The fourth-order valence-corrected chi connectivity index (χ4v) is 3.96. The number of hydrogen-bond donors (Lipinski definition) is 0. The van der Waals surface area contributed by atoms with Gasteiger partial charge in [-0.2, -0.15) is 0 Å². The molecule has 2 atom stereocenters. The van der Waals surface area contributed by atoms with Crippen LogP contribution in [0.5, 0.6) is 0 Å². The molecule has 0 unspecified atom stereocenters. The normalized spacial score (nSPS) is 19.7. The van der Waals surface area contributed by atoms with E-state index in [0.717, 1.165) is 4.88 Å². The molecule has 0 bridgehead atoms. The van der Waals surface area contributed by atoms with Crippen molar-refractivity contribution in [2.75, 3.05) is 6.54 Å². The van der Waals surface area contributed by atoms with Crippen molar-refractivity contribution >= 4 is 23.1 Å². The smallest absolute Gasteiger partial charge is 0.313 e. The SMILES string of the molecule is CC1=C([C@@H](C[N+](=O)[O-])c2cccs2)C(=O)CC[C@H]1C(=O)OC(C)(C)C. The van der Waals surface area contributed by atoms with E-state index in [-0.39, 0.29) is 24.7 Å². The van der Waals surface area contributed by atoms with Crippen LogP contribution in [0.15, 0.2) is 28.7 Å². The Hall–Kier alpha value is -2.02. The second kappa shape index (κ2) is 7.47. The summed E-state index contributed by atoms with van der Waals surface area (Å²) in [6.07, 6.45) is 0.592. The number of rotatable bonds is 5. The number of ketones is 1. The van der Waals surface area contributed by atoms with Crippen LogP contribution in [0.2, 0.25) is 0 Å². The van der Waals surface area contributed by atoms with Gasteiger partial charge in [0.2, 0.25) is 6.54 Å². The third-order valence-corrected chi connectivity index (χ3v) is 5.15. The average molecular weight is 365 g/mol. The van der Waals surface area contributed by atoms with E-state index in [4.69, 9.17) is 4.74 Å². The minimum Gasteiger partial charge on any atom is -0.460 e. The molecule has 2 rings (SSSR count). The number of esters is 1. The van der Waals surface area contributed by atoms with Gasteiger partial charge in [-0.05, 0) is 45.6 Å². The Morgan fingerprint density at radius 3 is 2.68 bits per heavy atom. The molecule has 0 saturated carbocycles. The molecular weight excluding hydrogens is 342 g/mol. The van der Waals surface area contributed by atoms with Crippen molar-refractivity contribution in [2.24, 2.45) is 5.92 Å². The van der Waals surface area contributed by atoms with Crippen LogP contribution in [0.4, 0.5) is 0 Å². The molecule has 0 saturated heterocycles. The van der Waals surface area contributed by atoms with E-state index in [1.807, 2.05) is 11.4 Å². The van der Waals surface area contributed by atoms with Crippen LogP contribution in [-0.2, 0) is 14.3 Å². The van der Waals surface area contributed by atoms with Crippen LogP contribution < -0.4 is 0 Å². The zero-order valence-corrected chi connectivity index (χ0v) is 15.7. The first-order valence-corrected chi connectivity index (χ1v) is 9.10. The van der Waals surface area contributed by atoms with Crippen LogP contribution in [-0.4, -0.2) is 28.8 Å². The molecule has 1 heterocycles. The molecule has 136 valence electrons. The van der Waals surface area contributed by atoms with Crippen molar-refractivity contribution in [1.82, 2.24) is 0 Å². The van der Waals surface area contributed by atoms with Gasteiger partial charge in [0, 0.05) is 21.8 Å². The molecule has 25 heavy (non-hydrogen) atoms. The highest BCUT2D eigenvalue weighted by Crippen LogP contribution is 2.39. The Morgan fingerprint density at radius 1 is 1.48 bits per heavy atom. The van der Waals surface area contributed by atoms with E-state index in [2.05, 4.69) is 0 Å². The molecule has 0 radical (unpaired) electrons. The zero-order valence-electron chi connectivity index (χ0n) is 14.9. The van der Waals surface area contributed by atoms with Gasteiger partial charge in [-0.25, -0.2) is 0 Å². The molecule has 6 nitrogen and oxygen atoms in total. The van der Waals surface area contributed by atoms with Crippen LogP contribution in [0, 0.1) is 16.0 Å². The molecule has 0 amide bonds. The first-order valence-electron chi connectivity index (χ1n) is 8.22. The van der Waals surface area contributed by atoms with Crippen molar-refractivity contribution in [3.63, 3.8) is 0 Å². The topological polar surface area (TPSA) is 86.5 Å². The lowest BCUT2D eigenvalue weighted by atomic mass is 9.77. The van der Waals surface area contributed by atoms with Crippen molar-refractivity contribution in [1.29, 1.82) is 0 Å². The Bertz CT molecular complexity index is 700. The predicted molar refractivity (Wildman–Crippen MR) is 95.2 cm³/mol. The predicted octanol–water partition coefficient (Wildman–Crippen LogP) is 3.75. The maximum absolute atomic E-state index is 12.5. The van der Waals surface area contributed by atoms with Gasteiger partial charge in [0.25, 0.3) is 0 Å². The molecule has 0 fully saturated rings. The highest BCUT2D eigenvalue weighted by atomic mass is 32.1. The molecule has 1 aromatic rings. The van der Waals surface area contributed by atoms with Gasteiger partial charge in [-0.15, -0.1) is 11.3 Å². The summed E-state index contributed by atoms with van der Waals surface area (Å²) < 4.78 is 5.47. The maximum Gasteiger partial charge on any atom is 0.313 e. The van der Waals surface area contributed by atoms with Crippen molar-refractivity contribution in [3.05, 3.63) is 43.7 Å². The summed E-state index contributed by atoms with van der Waals surface area (Å²) in [5, 5.41) is 13.0. The van der Waals surface area contributed by atoms with Crippen LogP contribution in [0.25, 0.3) is 0 Å². The first kappa shape index (κ1) is 19.3. The summed E-state index contributed by atoms with van der Waals surface area (Å²) in [6.45, 7) is 6.74. The third kappa shape index (κ3) is 4.75. The lowest BCUT2D eigenvalue weighted by molar-refractivity contribution is -0.481. The summed E-state index contributed by atoms with van der Waals surface area (Å²) in [4.78, 5) is 36.6. The second-order valence-electron chi connectivity index (χ2n) is 7.23. The zero-order chi connectivity index (χ0) is 18.8. The molecule has 1 aromatic heterocycles. The number of nitro groups is 1. The summed E-state index contributed by atoms with van der Waals surface area (Å²) in [6, 6.07) is 3.60. The van der Waals surface area contributed by atoms with Gasteiger partial charge in [-0.1, -0.05) is 11.6 Å². The summed E-state index contributed by atoms with van der Waals surface area (Å²) >= 11 is 1.38. The largest absolute Gasteiger partial charge is 0.460 e. The fraction of sp³-hybridized carbons (Fsp3) is 0.556. The Balaban J connectivity index is 2.43. The monoisotopic (exact) mass is 365 g/mol. The molecule has 0 N–H and O–H groups in total. The summed E-state index contributed by atoms with van der Waals surface area (Å²) in [5.74, 6) is -1.63. The molecule has 0 aliphatic heterocycles. The fourth-order valence-electron chi connectivity index (χ4n) is 3.13. The Labute approximate surface area is 151 Å². The Morgan fingerprint density at radius 2 is 2.16 bits per heavy atom. The van der Waals surface area contributed by atoms with E-state index < -0.39 is 22.4 Å². The standard InChI is InChI=1S/C18H23NO5S/c1-11-12(17(21)24-18(2,3)4)7-8-14(20)16(11)13(10-19(22)23)15-6-5-9-25-15/h5-6,9,12-13H,7-8,10H2,1-4H3/t12-,13+/m1/s1. The molecule has 0 spiro atoms. The van der Waals surface area contributed by atoms with Crippen molar-refractivity contribution in [3.8, 4) is 0 Å². The van der Waals surface area contributed by atoms with Crippen LogP contribution >= 0.6 is 11.3 Å². The summed E-state index contributed by atoms with van der Waals surface area (Å²) in [7, 11) is 0. The van der Waals surface area contributed by atoms with E-state index in [0.29, 0.717) is 17.6 Å². The Kier molecular flexibility index (Phi) is 5.77. The number of nitrogens with zero attached hydrogens (tertiary/aromatic N) is 1. The number of ether oxygens (including phenoxy) is 1. The average Bonchev–Trinajstić information content (AvgIpc) is 2.97. The summed E-state index contributed by atoms with van der Waals surface area (Å²) in [5.41, 5.74) is 0.388. The highest BCUT2D eigenvalue weighted by molar-refractivity contribution is 7.10. The molecule has 1 aliphatic carbocycles. The number of Topliss-reactive ketones (excluding diaryl/α,β-unsaturated/α-hetero) is 1. The van der Waals surface area contributed by atoms with Crippen LogP contribution in [0.1, 0.15) is 51.3 Å². The van der Waals surface area contributed by atoms with Gasteiger partial charge in [0.1, 0.15) is 5.60 Å². The first-order chi connectivity index (χ1) is 11.6. The van der Waals surface area contributed by atoms with Crippen molar-refractivity contribution < 1.29 is 19.2 Å². The van der Waals surface area contributed by atoms with E-state index in [1.165, 1.54) is 11.3 Å². The third-order valence-electron chi connectivity index (χ3n) is 4.17.